The first-order valence-electron chi connectivity index (χ1n) is 16.5. The van der Waals surface area contributed by atoms with Crippen LogP contribution in [0, 0.1) is 47.4 Å². The fourth-order valence-electron chi connectivity index (χ4n) is 5.19. The van der Waals surface area contributed by atoms with Gasteiger partial charge in [0.1, 0.15) is 46.0 Å². The largest absolute Gasteiger partial charge is 0.497 e. The molecule has 0 fully saturated rings. The molecule has 0 aliphatic carbocycles. The van der Waals surface area contributed by atoms with Crippen LogP contribution in [0.5, 0.6) is 46.0 Å². The first-order valence-corrected chi connectivity index (χ1v) is 16.5. The SMILES string of the molecule is COc1ccc(OC)c(C#Cc2cc(OC)c(C#Cc3ccc(C#Cc4cc(OC)c(C#Cc5cc(OC)ccc5OC)cc4OC)cc3)cc2OC)c1. The van der Waals surface area contributed by atoms with E-state index in [1.807, 2.05) is 72.8 Å². The molecular weight excluding hydrogens is 680 g/mol. The quantitative estimate of drug-likeness (QED) is 0.154. The normalized spacial score (nSPS) is 9.63. The van der Waals surface area contributed by atoms with Crippen molar-refractivity contribution in [3.63, 3.8) is 0 Å². The van der Waals surface area contributed by atoms with E-state index in [9.17, 15) is 0 Å². The molecular formula is C46H38O8. The van der Waals surface area contributed by atoms with Crippen molar-refractivity contribution in [1.29, 1.82) is 0 Å². The maximum absolute atomic E-state index is 5.67. The van der Waals surface area contributed by atoms with Crippen molar-refractivity contribution >= 4 is 0 Å². The van der Waals surface area contributed by atoms with E-state index in [4.69, 9.17) is 37.9 Å². The van der Waals surface area contributed by atoms with Gasteiger partial charge in [-0.15, -0.1) is 0 Å². The van der Waals surface area contributed by atoms with Crippen LogP contribution in [0.15, 0.2) is 84.9 Å². The fraction of sp³-hybridized carbons (Fsp3) is 0.174. The molecule has 5 aromatic carbocycles. The van der Waals surface area contributed by atoms with E-state index in [1.165, 1.54) is 0 Å². The van der Waals surface area contributed by atoms with Crippen molar-refractivity contribution < 1.29 is 37.9 Å². The summed E-state index contributed by atoms with van der Waals surface area (Å²) in [6.07, 6.45) is 0. The van der Waals surface area contributed by atoms with Crippen LogP contribution in [0.1, 0.15) is 44.5 Å². The van der Waals surface area contributed by atoms with Crippen LogP contribution in [0.2, 0.25) is 0 Å². The summed E-state index contributed by atoms with van der Waals surface area (Å²) in [4.78, 5) is 0. The second-order valence-electron chi connectivity index (χ2n) is 11.2. The van der Waals surface area contributed by atoms with Gasteiger partial charge in [0.2, 0.25) is 0 Å². The zero-order valence-corrected chi connectivity index (χ0v) is 31.3. The summed E-state index contributed by atoms with van der Waals surface area (Å²) in [6, 6.07) is 25.8. The summed E-state index contributed by atoms with van der Waals surface area (Å²) in [7, 11) is 12.8. The highest BCUT2D eigenvalue weighted by Crippen LogP contribution is 2.31. The minimum Gasteiger partial charge on any atom is -0.497 e. The van der Waals surface area contributed by atoms with Crippen molar-refractivity contribution in [3.8, 4) is 93.4 Å². The van der Waals surface area contributed by atoms with Gasteiger partial charge in [0, 0.05) is 35.4 Å². The average molecular weight is 719 g/mol. The first-order chi connectivity index (χ1) is 26.4. The number of ether oxygens (including phenoxy) is 8. The monoisotopic (exact) mass is 718 g/mol. The van der Waals surface area contributed by atoms with Gasteiger partial charge in [-0.2, -0.15) is 0 Å². The number of methoxy groups -OCH3 is 8. The highest BCUT2D eigenvalue weighted by atomic mass is 16.5. The standard InChI is InChI=1S/C46H38O8/c1-47-39-21-23-41(49-3)33(25-39)17-19-37-29-43(51-5)35(27-45(37)53-7)15-13-31-9-11-32(12-10-31)14-16-36-28-46(54-8)38(30-44(36)52-6)20-18-34-26-40(48-2)22-24-42(34)50-4/h9-12,21-30H,1-8H3. The molecule has 0 radical (unpaired) electrons. The molecule has 0 bridgehead atoms. The number of benzene rings is 5. The van der Waals surface area contributed by atoms with Gasteiger partial charge >= 0.3 is 0 Å². The molecule has 0 unspecified atom stereocenters. The third kappa shape index (κ3) is 9.15. The lowest BCUT2D eigenvalue weighted by Crippen LogP contribution is -1.95. The average Bonchev–Trinajstić information content (AvgIpc) is 3.23. The second-order valence-corrected chi connectivity index (χ2v) is 11.2. The Hall–Kier alpha value is -7.26. The van der Waals surface area contributed by atoms with Crippen molar-refractivity contribution in [3.05, 3.63) is 129 Å². The summed E-state index contributed by atoms with van der Waals surface area (Å²) in [5, 5.41) is 0. The topological polar surface area (TPSA) is 73.8 Å². The van der Waals surface area contributed by atoms with E-state index < -0.39 is 0 Å². The molecule has 0 aromatic heterocycles. The molecule has 0 heterocycles. The number of hydrogen-bond donors (Lipinski definition) is 0. The van der Waals surface area contributed by atoms with Gasteiger partial charge in [0.15, 0.2) is 0 Å². The molecule has 0 N–H and O–H groups in total. The molecule has 0 amide bonds. The lowest BCUT2D eigenvalue weighted by Gasteiger charge is -2.09. The smallest absolute Gasteiger partial charge is 0.136 e. The highest BCUT2D eigenvalue weighted by molar-refractivity contribution is 5.63. The number of rotatable bonds is 8. The Bertz CT molecular complexity index is 2230. The van der Waals surface area contributed by atoms with Gasteiger partial charge in [-0.1, -0.05) is 47.4 Å². The van der Waals surface area contributed by atoms with E-state index in [2.05, 4.69) is 47.4 Å². The minimum atomic E-state index is 0.560. The Morgan fingerprint density at radius 1 is 0.259 bits per heavy atom. The van der Waals surface area contributed by atoms with Gasteiger partial charge < -0.3 is 37.9 Å². The lowest BCUT2D eigenvalue weighted by molar-refractivity contribution is 0.401. The first kappa shape index (κ1) is 38.0. The molecule has 0 saturated carbocycles. The van der Waals surface area contributed by atoms with Crippen molar-refractivity contribution in [2.45, 2.75) is 0 Å². The molecule has 5 rings (SSSR count). The molecule has 0 saturated heterocycles. The van der Waals surface area contributed by atoms with Crippen LogP contribution in [-0.2, 0) is 0 Å². The maximum atomic E-state index is 5.67. The van der Waals surface area contributed by atoms with E-state index in [1.54, 1.807) is 69.0 Å². The Kier molecular flexibility index (Phi) is 12.9. The van der Waals surface area contributed by atoms with Gasteiger partial charge in [-0.05, 0) is 60.7 Å². The summed E-state index contributed by atoms with van der Waals surface area (Å²) in [5.74, 6) is 30.3. The van der Waals surface area contributed by atoms with Crippen LogP contribution in [0.3, 0.4) is 0 Å². The molecule has 0 spiro atoms. The molecule has 0 atom stereocenters. The van der Waals surface area contributed by atoms with Gasteiger partial charge in [-0.25, -0.2) is 0 Å². The Morgan fingerprint density at radius 3 is 0.778 bits per heavy atom. The summed E-state index contributed by atoms with van der Waals surface area (Å²) in [5.41, 5.74) is 5.53. The summed E-state index contributed by atoms with van der Waals surface area (Å²) in [6.45, 7) is 0. The molecule has 8 heteroatoms. The molecule has 270 valence electrons. The lowest BCUT2D eigenvalue weighted by atomic mass is 10.1. The summed E-state index contributed by atoms with van der Waals surface area (Å²) < 4.78 is 44.3. The Balaban J connectivity index is 1.37. The van der Waals surface area contributed by atoms with Gasteiger partial charge in [0.05, 0.1) is 90.3 Å². The van der Waals surface area contributed by atoms with Crippen LogP contribution >= 0.6 is 0 Å². The zero-order chi connectivity index (χ0) is 38.5. The van der Waals surface area contributed by atoms with Gasteiger partial charge in [-0.3, -0.25) is 0 Å². The van der Waals surface area contributed by atoms with Crippen molar-refractivity contribution in [1.82, 2.24) is 0 Å². The van der Waals surface area contributed by atoms with Crippen molar-refractivity contribution in [2.24, 2.45) is 0 Å². The van der Waals surface area contributed by atoms with Crippen molar-refractivity contribution in [2.75, 3.05) is 56.9 Å². The van der Waals surface area contributed by atoms with Crippen LogP contribution in [0.25, 0.3) is 0 Å². The highest BCUT2D eigenvalue weighted by Gasteiger charge is 2.11. The summed E-state index contributed by atoms with van der Waals surface area (Å²) >= 11 is 0. The van der Waals surface area contributed by atoms with Crippen LogP contribution in [0.4, 0.5) is 0 Å². The molecule has 5 aromatic rings. The van der Waals surface area contributed by atoms with E-state index in [0.717, 1.165) is 11.1 Å². The van der Waals surface area contributed by atoms with Gasteiger partial charge in [0.25, 0.3) is 0 Å². The third-order valence-electron chi connectivity index (χ3n) is 8.09. The number of hydrogen-bond acceptors (Lipinski definition) is 8. The van der Waals surface area contributed by atoms with Crippen LogP contribution < -0.4 is 37.9 Å². The molecule has 0 aliphatic rings. The Morgan fingerprint density at radius 2 is 0.519 bits per heavy atom. The predicted molar refractivity (Wildman–Crippen MR) is 209 cm³/mol. The minimum absolute atomic E-state index is 0.560. The fourth-order valence-corrected chi connectivity index (χ4v) is 5.19. The molecule has 8 nitrogen and oxygen atoms in total. The van der Waals surface area contributed by atoms with E-state index in [-0.39, 0.29) is 0 Å². The Labute approximate surface area is 316 Å². The predicted octanol–water partition coefficient (Wildman–Crippen LogP) is 7.35. The van der Waals surface area contributed by atoms with E-state index in [0.29, 0.717) is 79.4 Å². The third-order valence-corrected chi connectivity index (χ3v) is 8.09. The van der Waals surface area contributed by atoms with E-state index >= 15 is 0 Å². The molecule has 54 heavy (non-hydrogen) atoms. The maximum Gasteiger partial charge on any atom is 0.136 e. The van der Waals surface area contributed by atoms with Crippen LogP contribution in [-0.4, -0.2) is 56.9 Å². The zero-order valence-electron chi connectivity index (χ0n) is 31.3. The molecule has 0 aliphatic heterocycles. The second kappa shape index (κ2) is 18.3.